The fraction of sp³-hybridized carbons (Fsp3) is 0.393. The maximum absolute atomic E-state index is 13.7. The van der Waals surface area contributed by atoms with Crippen molar-refractivity contribution in [2.45, 2.75) is 43.8 Å². The SMILES string of the molecule is C=CC(=O)N1[C@H](C)CN(c2nc(=O)n3c4c(c(-c5ccc(Cl)c(Cl)c5)c(C)cc24)SC[C@@H]3COC)C[C@@H]1C. The number of anilines is 1. The Balaban J connectivity index is 1.74. The molecule has 0 bridgehead atoms. The number of carbonyl (C=O) groups excluding carboxylic acids is 1. The van der Waals surface area contributed by atoms with Crippen LogP contribution in [0.5, 0.6) is 0 Å². The highest BCUT2D eigenvalue weighted by atomic mass is 35.5. The van der Waals surface area contributed by atoms with Crippen LogP contribution in [0.2, 0.25) is 10.0 Å². The first-order valence-corrected chi connectivity index (χ1v) is 14.3. The second-order valence-electron chi connectivity index (χ2n) is 9.98. The lowest BCUT2D eigenvalue weighted by Crippen LogP contribution is -2.58. The Kier molecular flexibility index (Phi) is 7.52. The number of thioether (sulfide) groups is 1. The van der Waals surface area contributed by atoms with Gasteiger partial charge in [0.15, 0.2) is 0 Å². The largest absolute Gasteiger partial charge is 0.383 e. The maximum atomic E-state index is 13.7. The van der Waals surface area contributed by atoms with Gasteiger partial charge in [-0.15, -0.1) is 11.8 Å². The van der Waals surface area contributed by atoms with Crippen LogP contribution in [-0.4, -0.2) is 65.0 Å². The molecule has 0 saturated carbocycles. The molecule has 200 valence electrons. The fourth-order valence-electron chi connectivity index (χ4n) is 5.82. The molecule has 7 nitrogen and oxygen atoms in total. The first-order chi connectivity index (χ1) is 18.2. The summed E-state index contributed by atoms with van der Waals surface area (Å²) < 4.78 is 7.27. The molecule has 0 N–H and O–H groups in total. The third-order valence-electron chi connectivity index (χ3n) is 7.34. The number of aromatic nitrogens is 2. The quantitative estimate of drug-likeness (QED) is 0.371. The molecule has 5 rings (SSSR count). The van der Waals surface area contributed by atoms with E-state index >= 15 is 0 Å². The minimum Gasteiger partial charge on any atom is -0.383 e. The minimum absolute atomic E-state index is 0.0666. The number of piperazine rings is 1. The lowest BCUT2D eigenvalue weighted by atomic mass is 9.97. The molecule has 0 aliphatic carbocycles. The number of methoxy groups -OCH3 is 1. The van der Waals surface area contributed by atoms with Gasteiger partial charge in [0.25, 0.3) is 0 Å². The van der Waals surface area contributed by atoms with E-state index in [0.717, 1.165) is 32.5 Å². The summed E-state index contributed by atoms with van der Waals surface area (Å²) in [4.78, 5) is 35.8. The van der Waals surface area contributed by atoms with E-state index in [-0.39, 0.29) is 29.7 Å². The van der Waals surface area contributed by atoms with Crippen molar-refractivity contribution in [2.75, 3.05) is 37.5 Å². The number of amides is 1. The van der Waals surface area contributed by atoms with Crippen LogP contribution < -0.4 is 10.6 Å². The molecule has 10 heteroatoms. The second kappa shape index (κ2) is 10.6. The molecule has 0 radical (unpaired) electrons. The van der Waals surface area contributed by atoms with E-state index in [1.807, 2.05) is 30.9 Å². The number of benzene rings is 2. The van der Waals surface area contributed by atoms with Gasteiger partial charge in [-0.2, -0.15) is 4.98 Å². The van der Waals surface area contributed by atoms with Gasteiger partial charge in [-0.3, -0.25) is 9.36 Å². The maximum Gasteiger partial charge on any atom is 0.350 e. The Labute approximate surface area is 236 Å². The molecule has 1 amide bonds. The summed E-state index contributed by atoms with van der Waals surface area (Å²) in [5.74, 6) is 1.25. The Bertz CT molecular complexity index is 1500. The van der Waals surface area contributed by atoms with Crippen LogP contribution >= 0.6 is 35.0 Å². The third-order valence-corrected chi connectivity index (χ3v) is 9.32. The van der Waals surface area contributed by atoms with Gasteiger partial charge in [-0.05, 0) is 56.2 Å². The predicted octanol–water partition coefficient (Wildman–Crippen LogP) is 5.58. The highest BCUT2D eigenvalue weighted by Gasteiger charge is 2.35. The molecule has 1 aromatic heterocycles. The summed E-state index contributed by atoms with van der Waals surface area (Å²) in [5, 5.41) is 1.89. The van der Waals surface area contributed by atoms with Crippen molar-refractivity contribution in [1.82, 2.24) is 14.5 Å². The molecule has 3 atom stereocenters. The second-order valence-corrected chi connectivity index (χ2v) is 11.8. The molecule has 38 heavy (non-hydrogen) atoms. The molecular formula is C28H30Cl2N4O3S. The normalized spacial score (nSPS) is 21.2. The van der Waals surface area contributed by atoms with Crippen molar-refractivity contribution < 1.29 is 9.53 Å². The number of hydrogen-bond donors (Lipinski definition) is 0. The Morgan fingerprint density at radius 3 is 2.55 bits per heavy atom. The van der Waals surface area contributed by atoms with Crippen LogP contribution in [0, 0.1) is 6.92 Å². The lowest BCUT2D eigenvalue weighted by molar-refractivity contribution is -0.130. The molecular weight excluding hydrogens is 543 g/mol. The molecule has 2 aliphatic rings. The van der Waals surface area contributed by atoms with Crippen molar-refractivity contribution in [3.05, 3.63) is 63.0 Å². The smallest absolute Gasteiger partial charge is 0.350 e. The highest BCUT2D eigenvalue weighted by Crippen LogP contribution is 2.46. The van der Waals surface area contributed by atoms with E-state index in [1.54, 1.807) is 29.5 Å². The number of hydrogen-bond acceptors (Lipinski definition) is 6. The van der Waals surface area contributed by atoms with Crippen LogP contribution in [0.1, 0.15) is 25.5 Å². The van der Waals surface area contributed by atoms with Crippen LogP contribution in [0.3, 0.4) is 0 Å². The molecule has 1 saturated heterocycles. The number of nitrogens with zero attached hydrogens (tertiary/aromatic N) is 4. The molecule has 2 aliphatic heterocycles. The summed E-state index contributed by atoms with van der Waals surface area (Å²) in [6.07, 6.45) is 1.36. The van der Waals surface area contributed by atoms with Crippen molar-refractivity contribution in [1.29, 1.82) is 0 Å². The van der Waals surface area contributed by atoms with E-state index in [2.05, 4.69) is 29.5 Å². The van der Waals surface area contributed by atoms with E-state index in [0.29, 0.717) is 41.3 Å². The number of halogens is 2. The van der Waals surface area contributed by atoms with Crippen LogP contribution in [-0.2, 0) is 9.53 Å². The molecule has 3 aromatic rings. The van der Waals surface area contributed by atoms with E-state index in [4.69, 9.17) is 27.9 Å². The lowest BCUT2D eigenvalue weighted by Gasteiger charge is -2.45. The van der Waals surface area contributed by atoms with Crippen molar-refractivity contribution in [2.24, 2.45) is 0 Å². The van der Waals surface area contributed by atoms with E-state index in [1.165, 1.54) is 6.08 Å². The number of rotatable bonds is 5. The molecule has 2 aromatic carbocycles. The van der Waals surface area contributed by atoms with Crippen molar-refractivity contribution in [3.8, 4) is 11.1 Å². The fourth-order valence-corrected chi connectivity index (χ4v) is 7.49. The molecule has 0 unspecified atom stereocenters. The number of aryl methyl sites for hydroxylation is 1. The molecule has 0 spiro atoms. The number of carbonyl (C=O) groups is 1. The Morgan fingerprint density at radius 2 is 1.92 bits per heavy atom. The van der Waals surface area contributed by atoms with Crippen molar-refractivity contribution >= 4 is 57.6 Å². The average Bonchev–Trinajstić information content (AvgIpc) is 2.87. The van der Waals surface area contributed by atoms with Crippen LogP contribution in [0.25, 0.3) is 22.0 Å². The summed E-state index contributed by atoms with van der Waals surface area (Å²) in [7, 11) is 1.65. The highest BCUT2D eigenvalue weighted by molar-refractivity contribution is 7.99. The van der Waals surface area contributed by atoms with Gasteiger partial charge in [0.1, 0.15) is 5.82 Å². The summed E-state index contributed by atoms with van der Waals surface area (Å²) in [6.45, 7) is 11.3. The van der Waals surface area contributed by atoms with Gasteiger partial charge < -0.3 is 14.5 Å². The van der Waals surface area contributed by atoms with Crippen LogP contribution in [0.15, 0.2) is 46.6 Å². The molecule has 1 fully saturated rings. The van der Waals surface area contributed by atoms with Gasteiger partial charge in [0.05, 0.1) is 28.2 Å². The Hall–Kier alpha value is -2.52. The summed E-state index contributed by atoms with van der Waals surface area (Å²) in [5.41, 5.74) is 3.59. The van der Waals surface area contributed by atoms with Gasteiger partial charge in [-0.1, -0.05) is 35.8 Å². The zero-order valence-electron chi connectivity index (χ0n) is 21.8. The zero-order chi connectivity index (χ0) is 27.3. The average molecular weight is 574 g/mol. The van der Waals surface area contributed by atoms with E-state index < -0.39 is 0 Å². The monoisotopic (exact) mass is 572 g/mol. The first kappa shape index (κ1) is 27.1. The van der Waals surface area contributed by atoms with E-state index in [9.17, 15) is 9.59 Å². The zero-order valence-corrected chi connectivity index (χ0v) is 24.2. The summed E-state index contributed by atoms with van der Waals surface area (Å²) in [6, 6.07) is 7.48. The van der Waals surface area contributed by atoms with Crippen molar-refractivity contribution in [3.63, 3.8) is 0 Å². The van der Waals surface area contributed by atoms with Gasteiger partial charge in [0, 0.05) is 53.9 Å². The van der Waals surface area contributed by atoms with Crippen LogP contribution in [0.4, 0.5) is 5.82 Å². The number of ether oxygens (including phenoxy) is 1. The Morgan fingerprint density at radius 1 is 1.21 bits per heavy atom. The first-order valence-electron chi connectivity index (χ1n) is 12.5. The predicted molar refractivity (Wildman–Crippen MR) is 156 cm³/mol. The summed E-state index contributed by atoms with van der Waals surface area (Å²) >= 11 is 14.3. The van der Waals surface area contributed by atoms with Gasteiger partial charge >= 0.3 is 5.69 Å². The molecule has 3 heterocycles. The third kappa shape index (κ3) is 4.51. The van der Waals surface area contributed by atoms with Gasteiger partial charge in [-0.25, -0.2) is 4.79 Å². The standard InChI is InChI=1S/C28H30Cl2N4O3S/c1-6-23(35)33-16(3)11-32(12-17(33)4)27-20-9-15(2)24(18-7-8-21(29)22(30)10-18)26-25(20)34(28(36)31-27)19(13-37-5)14-38-26/h6-10,16-17,19H,1,11-14H2,2-5H3/t16-,17+,19-/m0/s1. The topological polar surface area (TPSA) is 67.7 Å². The van der Waals surface area contributed by atoms with Gasteiger partial charge in [0.2, 0.25) is 5.91 Å². The minimum atomic E-state index is -0.301.